The van der Waals surface area contributed by atoms with Gasteiger partial charge in [0, 0.05) is 21.7 Å². The molecule has 0 unspecified atom stereocenters. The van der Waals surface area contributed by atoms with Crippen molar-refractivity contribution in [3.8, 4) is 0 Å². The summed E-state index contributed by atoms with van der Waals surface area (Å²) < 4.78 is 26.5. The number of hydrogen-bond acceptors (Lipinski definition) is 2. The van der Waals surface area contributed by atoms with Crippen molar-refractivity contribution < 1.29 is 51.8 Å². The summed E-state index contributed by atoms with van der Waals surface area (Å²) in [5, 5.41) is 0. The average Bonchev–Trinajstić information content (AvgIpc) is 1.46. The zero-order valence-corrected chi connectivity index (χ0v) is 6.32. The largest absolute Gasteiger partial charge is 0 e. The van der Waals surface area contributed by atoms with Crippen molar-refractivity contribution in [2.75, 3.05) is 7.18 Å². The Labute approximate surface area is 58.9 Å². The minimum Gasteiger partial charge on any atom is 0 e. The van der Waals surface area contributed by atoms with Crippen LogP contribution in [0.15, 0.2) is 0 Å². The minimum atomic E-state index is -2.00. The van der Waals surface area contributed by atoms with Gasteiger partial charge in [-0.2, -0.15) is 0 Å². The van der Waals surface area contributed by atoms with Crippen molar-refractivity contribution in [3.05, 3.63) is 0 Å². The van der Waals surface area contributed by atoms with Gasteiger partial charge in [-0.25, -0.2) is 0 Å². The van der Waals surface area contributed by atoms with E-state index in [1.165, 1.54) is 0 Å². The molecule has 0 spiro atoms. The van der Waals surface area contributed by atoms with Crippen LogP contribution in [0.2, 0.25) is 0 Å². The van der Waals surface area contributed by atoms with E-state index in [0.717, 1.165) is 0 Å². The van der Waals surface area contributed by atoms with E-state index in [0.29, 0.717) is 7.18 Å². The Hall–Kier alpha value is 0.959. The van der Waals surface area contributed by atoms with Crippen LogP contribution in [0.1, 0.15) is 0 Å². The molecule has 2 nitrogen and oxygen atoms in total. The molecule has 0 fully saturated rings. The van der Waals surface area contributed by atoms with E-state index < -0.39 is 19.1 Å². The predicted octanol–water partition coefficient (Wildman–Crippen LogP) is 0.343. The summed E-state index contributed by atoms with van der Waals surface area (Å²) in [4.78, 5) is 0. The van der Waals surface area contributed by atoms with Gasteiger partial charge in [-0.1, -0.05) is 0 Å². The van der Waals surface area contributed by atoms with E-state index in [1.54, 1.807) is 0 Å². The molecule has 0 aromatic rings. The SMILES string of the molecule is CF.[O]=[Ti]=[O].[Ti]. The van der Waals surface area contributed by atoms with E-state index in [1.807, 2.05) is 0 Å². The first-order chi connectivity index (χ1) is 2.41. The molecule has 0 bridgehead atoms. The van der Waals surface area contributed by atoms with Crippen LogP contribution in [0, 0.1) is 0 Å². The summed E-state index contributed by atoms with van der Waals surface area (Å²) in [5.41, 5.74) is 0. The number of halogens is 1. The van der Waals surface area contributed by atoms with Gasteiger partial charge in [-0.3, -0.25) is 4.39 Å². The molecule has 0 atom stereocenters. The minimum absolute atomic E-state index is 0. The Morgan fingerprint density at radius 1 is 1.33 bits per heavy atom. The first kappa shape index (κ1) is 15.8. The summed E-state index contributed by atoms with van der Waals surface area (Å²) >= 11 is -2.00. The summed E-state index contributed by atoms with van der Waals surface area (Å²) in [7, 11) is 0.500. The Morgan fingerprint density at radius 2 is 1.33 bits per heavy atom. The molecule has 0 aromatic heterocycles. The van der Waals surface area contributed by atoms with Gasteiger partial charge in [0.05, 0.1) is 7.18 Å². The molecule has 0 radical (unpaired) electrons. The Morgan fingerprint density at radius 3 is 1.33 bits per heavy atom. The second-order valence-corrected chi connectivity index (χ2v) is 0.344. The van der Waals surface area contributed by atoms with E-state index >= 15 is 0 Å². The zero-order chi connectivity index (χ0) is 4.71. The molecule has 0 aliphatic rings. The summed E-state index contributed by atoms with van der Waals surface area (Å²) in [6.07, 6.45) is 0. The fraction of sp³-hybridized carbons (Fsp3) is 1.00. The van der Waals surface area contributed by atoms with Gasteiger partial charge in [-0.15, -0.1) is 0 Å². The van der Waals surface area contributed by atoms with Crippen LogP contribution >= 0.6 is 0 Å². The summed E-state index contributed by atoms with van der Waals surface area (Å²) in [6.45, 7) is 0. The molecular formula is CH3FO2Ti2. The molecule has 0 saturated heterocycles. The Kier molecular flexibility index (Phi) is 100. The normalized spacial score (nSPS) is 2.33. The molecule has 0 rings (SSSR count). The predicted molar refractivity (Wildman–Crippen MR) is 8.41 cm³/mol. The molecule has 0 heterocycles. The van der Waals surface area contributed by atoms with Crippen LogP contribution < -0.4 is 0 Å². The monoisotopic (exact) mass is 162 g/mol. The van der Waals surface area contributed by atoms with E-state index in [-0.39, 0.29) is 21.7 Å². The van der Waals surface area contributed by atoms with Gasteiger partial charge < -0.3 is 0 Å². The summed E-state index contributed by atoms with van der Waals surface area (Å²) in [6, 6.07) is 0. The molecule has 0 aliphatic carbocycles. The number of alkyl halides is 1. The molecule has 0 aliphatic heterocycles. The first-order valence-corrected chi connectivity index (χ1v) is 2.06. The van der Waals surface area contributed by atoms with Gasteiger partial charge in [0.15, 0.2) is 0 Å². The van der Waals surface area contributed by atoms with Crippen molar-refractivity contribution in [1.29, 1.82) is 0 Å². The van der Waals surface area contributed by atoms with Gasteiger partial charge in [0.1, 0.15) is 0 Å². The second kappa shape index (κ2) is 38.2. The molecule has 0 N–H and O–H groups in total. The molecule has 34 valence electrons. The van der Waals surface area contributed by atoms with Crippen LogP contribution in [0.5, 0.6) is 0 Å². The molecule has 0 aromatic carbocycles. The Bertz CT molecular complexity index is 32.5. The van der Waals surface area contributed by atoms with Gasteiger partial charge >= 0.3 is 25.7 Å². The third-order valence-electron chi connectivity index (χ3n) is 0. The van der Waals surface area contributed by atoms with Crippen LogP contribution in [0.4, 0.5) is 4.39 Å². The van der Waals surface area contributed by atoms with Crippen LogP contribution in [-0.2, 0) is 47.5 Å². The van der Waals surface area contributed by atoms with Gasteiger partial charge in [0.2, 0.25) is 0 Å². The molecule has 6 heavy (non-hydrogen) atoms. The molecule has 5 heteroatoms. The standard InChI is InChI=1S/CH3F.2O.2Ti/c1-2;;;;/h1H3;;;;. The smallest absolute Gasteiger partial charge is 0 e. The fourth-order valence-electron chi connectivity index (χ4n) is 0. The van der Waals surface area contributed by atoms with E-state index in [9.17, 15) is 4.39 Å². The van der Waals surface area contributed by atoms with Crippen molar-refractivity contribution >= 4 is 0 Å². The maximum atomic E-state index is 9.50. The molecule has 0 amide bonds. The van der Waals surface area contributed by atoms with Crippen molar-refractivity contribution in [2.45, 2.75) is 0 Å². The van der Waals surface area contributed by atoms with Gasteiger partial charge in [0.25, 0.3) is 0 Å². The number of rotatable bonds is 0. The maximum absolute atomic E-state index is 9.50. The Balaban J connectivity index is -0.0000000275. The quantitative estimate of drug-likeness (QED) is 0.481. The topological polar surface area (TPSA) is 34.1 Å². The van der Waals surface area contributed by atoms with Crippen LogP contribution in [0.3, 0.4) is 0 Å². The van der Waals surface area contributed by atoms with E-state index in [2.05, 4.69) is 0 Å². The third kappa shape index (κ3) is 84.6. The van der Waals surface area contributed by atoms with Crippen LogP contribution in [-0.4, -0.2) is 7.18 Å². The zero-order valence-electron chi connectivity index (χ0n) is 3.19. The number of hydrogen-bond donors (Lipinski definition) is 0. The van der Waals surface area contributed by atoms with Crippen LogP contribution in [0.25, 0.3) is 0 Å². The summed E-state index contributed by atoms with van der Waals surface area (Å²) in [5.74, 6) is 0. The second-order valence-electron chi connectivity index (χ2n) is 0.0833. The first-order valence-electron chi connectivity index (χ1n) is 0.786. The van der Waals surface area contributed by atoms with Gasteiger partial charge in [-0.05, 0) is 0 Å². The average molecular weight is 162 g/mol. The van der Waals surface area contributed by atoms with Crippen molar-refractivity contribution in [2.24, 2.45) is 0 Å². The van der Waals surface area contributed by atoms with Crippen molar-refractivity contribution in [3.63, 3.8) is 0 Å². The fourth-order valence-corrected chi connectivity index (χ4v) is 0. The third-order valence-corrected chi connectivity index (χ3v) is 0. The van der Waals surface area contributed by atoms with Crippen molar-refractivity contribution in [1.82, 2.24) is 0 Å². The molecule has 0 saturated carbocycles. The van der Waals surface area contributed by atoms with E-state index in [4.69, 9.17) is 6.65 Å². The molecular weight excluding hydrogens is 159 g/mol. The maximum Gasteiger partial charge on any atom is 0 e.